The standard InChI is InChI=1S/C13H13ClN2O3/c1-9-3-5-11(19-9)8-15(2)13-6-4-10(16(17)18)7-12(13)14/h3-7H,8H2,1-2H3. The number of rotatable bonds is 4. The number of nitro groups is 1. The molecular weight excluding hydrogens is 268 g/mol. The van der Waals surface area contributed by atoms with Gasteiger partial charge in [-0.25, -0.2) is 0 Å². The van der Waals surface area contributed by atoms with Crippen molar-refractivity contribution >= 4 is 23.0 Å². The molecule has 100 valence electrons. The summed E-state index contributed by atoms with van der Waals surface area (Å²) in [7, 11) is 1.85. The molecule has 0 radical (unpaired) electrons. The summed E-state index contributed by atoms with van der Waals surface area (Å²) in [5.74, 6) is 1.66. The zero-order valence-corrected chi connectivity index (χ0v) is 11.3. The molecule has 0 saturated heterocycles. The third kappa shape index (κ3) is 3.06. The second-order valence-corrected chi connectivity index (χ2v) is 4.67. The van der Waals surface area contributed by atoms with Crippen LogP contribution in [0.15, 0.2) is 34.7 Å². The quantitative estimate of drug-likeness (QED) is 0.631. The fourth-order valence-electron chi connectivity index (χ4n) is 1.81. The summed E-state index contributed by atoms with van der Waals surface area (Å²) in [4.78, 5) is 12.1. The van der Waals surface area contributed by atoms with E-state index in [4.69, 9.17) is 16.0 Å². The summed E-state index contributed by atoms with van der Waals surface area (Å²) in [5.41, 5.74) is 0.706. The highest BCUT2D eigenvalue weighted by Gasteiger charge is 2.13. The van der Waals surface area contributed by atoms with Crippen molar-refractivity contribution < 1.29 is 9.34 Å². The van der Waals surface area contributed by atoms with Crippen LogP contribution in [0.25, 0.3) is 0 Å². The molecule has 0 saturated carbocycles. The van der Waals surface area contributed by atoms with E-state index in [0.717, 1.165) is 17.2 Å². The SMILES string of the molecule is Cc1ccc(CN(C)c2ccc([N+](=O)[O-])cc2Cl)o1. The molecule has 1 heterocycles. The van der Waals surface area contributed by atoms with Gasteiger partial charge in [0, 0.05) is 19.2 Å². The number of hydrogen-bond acceptors (Lipinski definition) is 4. The lowest BCUT2D eigenvalue weighted by molar-refractivity contribution is -0.384. The molecule has 0 atom stereocenters. The van der Waals surface area contributed by atoms with Crippen molar-refractivity contribution in [1.82, 2.24) is 0 Å². The number of nitrogens with zero attached hydrogens (tertiary/aromatic N) is 2. The van der Waals surface area contributed by atoms with Crippen LogP contribution in [0, 0.1) is 17.0 Å². The summed E-state index contributed by atoms with van der Waals surface area (Å²) in [6, 6.07) is 8.20. The van der Waals surface area contributed by atoms with Gasteiger partial charge in [-0.1, -0.05) is 11.6 Å². The van der Waals surface area contributed by atoms with Crippen molar-refractivity contribution in [3.05, 3.63) is 57.0 Å². The van der Waals surface area contributed by atoms with E-state index in [1.807, 2.05) is 31.0 Å². The number of anilines is 1. The van der Waals surface area contributed by atoms with Crippen LogP contribution in [-0.4, -0.2) is 12.0 Å². The van der Waals surface area contributed by atoms with Crippen LogP contribution in [0.4, 0.5) is 11.4 Å². The zero-order chi connectivity index (χ0) is 14.0. The van der Waals surface area contributed by atoms with E-state index in [1.54, 1.807) is 6.07 Å². The van der Waals surface area contributed by atoms with Gasteiger partial charge in [0.15, 0.2) is 0 Å². The van der Waals surface area contributed by atoms with Crippen LogP contribution in [0.1, 0.15) is 11.5 Å². The minimum atomic E-state index is -0.467. The minimum absolute atomic E-state index is 0.0176. The van der Waals surface area contributed by atoms with E-state index in [1.165, 1.54) is 12.1 Å². The first-order chi connectivity index (χ1) is 8.97. The highest BCUT2D eigenvalue weighted by atomic mass is 35.5. The van der Waals surface area contributed by atoms with Gasteiger partial charge in [-0.3, -0.25) is 10.1 Å². The lowest BCUT2D eigenvalue weighted by Crippen LogP contribution is -2.16. The Bertz CT molecular complexity index is 610. The van der Waals surface area contributed by atoms with E-state index < -0.39 is 4.92 Å². The van der Waals surface area contributed by atoms with Gasteiger partial charge in [-0.2, -0.15) is 0 Å². The Morgan fingerprint density at radius 3 is 2.63 bits per heavy atom. The molecule has 0 N–H and O–H groups in total. The van der Waals surface area contributed by atoms with Gasteiger partial charge < -0.3 is 9.32 Å². The number of non-ortho nitro benzene ring substituents is 1. The Hall–Kier alpha value is -2.01. The number of hydrogen-bond donors (Lipinski definition) is 0. The molecule has 0 amide bonds. The molecule has 0 unspecified atom stereocenters. The van der Waals surface area contributed by atoms with Crippen LogP contribution >= 0.6 is 11.6 Å². The topological polar surface area (TPSA) is 59.5 Å². The number of aryl methyl sites for hydroxylation is 1. The molecule has 1 aromatic carbocycles. The minimum Gasteiger partial charge on any atom is -0.464 e. The number of nitro benzene ring substituents is 1. The molecule has 6 heteroatoms. The lowest BCUT2D eigenvalue weighted by Gasteiger charge is -2.19. The van der Waals surface area contributed by atoms with E-state index in [9.17, 15) is 10.1 Å². The van der Waals surface area contributed by atoms with Crippen LogP contribution in [0.2, 0.25) is 5.02 Å². The molecule has 2 aromatic rings. The summed E-state index contributed by atoms with van der Waals surface area (Å²) < 4.78 is 5.48. The van der Waals surface area contributed by atoms with Crippen molar-refractivity contribution in [2.24, 2.45) is 0 Å². The molecule has 0 fully saturated rings. The van der Waals surface area contributed by atoms with Crippen molar-refractivity contribution in [3.8, 4) is 0 Å². The van der Waals surface area contributed by atoms with Crippen molar-refractivity contribution in [1.29, 1.82) is 0 Å². The molecule has 1 aromatic heterocycles. The van der Waals surface area contributed by atoms with Gasteiger partial charge in [0.25, 0.3) is 5.69 Å². The number of furan rings is 1. The van der Waals surface area contributed by atoms with Gasteiger partial charge in [-0.15, -0.1) is 0 Å². The first kappa shape index (κ1) is 13.4. The van der Waals surface area contributed by atoms with E-state index >= 15 is 0 Å². The highest BCUT2D eigenvalue weighted by molar-refractivity contribution is 6.33. The molecular formula is C13H13ClN2O3. The Morgan fingerprint density at radius 1 is 1.37 bits per heavy atom. The Balaban J connectivity index is 2.19. The first-order valence-electron chi connectivity index (χ1n) is 5.68. The zero-order valence-electron chi connectivity index (χ0n) is 10.6. The van der Waals surface area contributed by atoms with Crippen molar-refractivity contribution in [3.63, 3.8) is 0 Å². The fourth-order valence-corrected chi connectivity index (χ4v) is 2.13. The van der Waals surface area contributed by atoms with E-state index in [2.05, 4.69) is 0 Å². The molecule has 0 aliphatic carbocycles. The normalized spacial score (nSPS) is 10.5. The predicted octanol–water partition coefficient (Wildman–Crippen LogP) is 3.79. The Morgan fingerprint density at radius 2 is 2.11 bits per heavy atom. The van der Waals surface area contributed by atoms with Gasteiger partial charge in [-0.05, 0) is 25.1 Å². The summed E-state index contributed by atoms with van der Waals surface area (Å²) in [6.07, 6.45) is 0. The monoisotopic (exact) mass is 280 g/mol. The van der Waals surface area contributed by atoms with Crippen LogP contribution in [0.5, 0.6) is 0 Å². The molecule has 2 rings (SSSR count). The molecule has 19 heavy (non-hydrogen) atoms. The molecule has 0 aliphatic heterocycles. The molecule has 0 aliphatic rings. The molecule has 0 spiro atoms. The number of benzene rings is 1. The first-order valence-corrected chi connectivity index (χ1v) is 6.05. The van der Waals surface area contributed by atoms with Crippen molar-refractivity contribution in [2.45, 2.75) is 13.5 Å². The van der Waals surface area contributed by atoms with Gasteiger partial charge >= 0.3 is 0 Å². The largest absolute Gasteiger partial charge is 0.464 e. The third-order valence-electron chi connectivity index (χ3n) is 2.74. The number of halogens is 1. The summed E-state index contributed by atoms with van der Waals surface area (Å²) in [5, 5.41) is 11.0. The fraction of sp³-hybridized carbons (Fsp3) is 0.231. The molecule has 5 nitrogen and oxygen atoms in total. The van der Waals surface area contributed by atoms with Gasteiger partial charge in [0.1, 0.15) is 11.5 Å². The van der Waals surface area contributed by atoms with Crippen LogP contribution in [0.3, 0.4) is 0 Å². The maximum atomic E-state index is 10.6. The Labute approximate surface area is 115 Å². The maximum Gasteiger partial charge on any atom is 0.271 e. The predicted molar refractivity (Wildman–Crippen MR) is 73.7 cm³/mol. The van der Waals surface area contributed by atoms with E-state index in [0.29, 0.717) is 11.6 Å². The second kappa shape index (κ2) is 5.32. The maximum absolute atomic E-state index is 10.6. The molecule has 0 bridgehead atoms. The summed E-state index contributed by atoms with van der Waals surface area (Å²) in [6.45, 7) is 2.42. The lowest BCUT2D eigenvalue weighted by atomic mass is 10.2. The average Bonchev–Trinajstić information content (AvgIpc) is 2.74. The van der Waals surface area contributed by atoms with Gasteiger partial charge in [0.05, 0.1) is 22.2 Å². The van der Waals surface area contributed by atoms with E-state index in [-0.39, 0.29) is 5.69 Å². The Kier molecular flexibility index (Phi) is 3.76. The van der Waals surface area contributed by atoms with Crippen LogP contribution < -0.4 is 4.90 Å². The summed E-state index contributed by atoms with van der Waals surface area (Å²) >= 11 is 6.06. The smallest absolute Gasteiger partial charge is 0.271 e. The highest BCUT2D eigenvalue weighted by Crippen LogP contribution is 2.30. The van der Waals surface area contributed by atoms with Crippen molar-refractivity contribution in [2.75, 3.05) is 11.9 Å². The van der Waals surface area contributed by atoms with Gasteiger partial charge in [0.2, 0.25) is 0 Å². The average molecular weight is 281 g/mol. The second-order valence-electron chi connectivity index (χ2n) is 4.26. The third-order valence-corrected chi connectivity index (χ3v) is 3.05. The van der Waals surface area contributed by atoms with Crippen LogP contribution in [-0.2, 0) is 6.54 Å².